The van der Waals surface area contributed by atoms with Gasteiger partial charge in [0.25, 0.3) is 0 Å². The van der Waals surface area contributed by atoms with Crippen molar-refractivity contribution in [2.24, 2.45) is 0 Å². The Morgan fingerprint density at radius 2 is 1.46 bits per heavy atom. The Bertz CT molecular complexity index is 1050. The molecule has 0 bridgehead atoms. The number of hydrogen-bond donors (Lipinski definition) is 1. The highest BCUT2D eigenvalue weighted by molar-refractivity contribution is 6.16. The number of hydrogen-bond acceptors (Lipinski definition) is 1. The number of carbonyl (C=O) groups is 1. The van der Waals surface area contributed by atoms with Gasteiger partial charge in [-0.1, -0.05) is 72.8 Å². The summed E-state index contributed by atoms with van der Waals surface area (Å²) in [6, 6.07) is 26.0. The van der Waals surface area contributed by atoms with E-state index in [0.29, 0.717) is 5.56 Å². The van der Waals surface area contributed by atoms with Gasteiger partial charge < -0.3 is 5.11 Å². The van der Waals surface area contributed by atoms with Gasteiger partial charge in [0.15, 0.2) is 0 Å². The van der Waals surface area contributed by atoms with E-state index in [1.165, 1.54) is 5.56 Å². The smallest absolute Gasteiger partial charge is 0.336 e. The molecule has 24 heavy (non-hydrogen) atoms. The lowest BCUT2D eigenvalue weighted by Crippen LogP contribution is -2.00. The maximum atomic E-state index is 11.9. The van der Waals surface area contributed by atoms with Gasteiger partial charge in [-0.2, -0.15) is 0 Å². The van der Waals surface area contributed by atoms with E-state index in [1.54, 1.807) is 0 Å². The van der Waals surface area contributed by atoms with Crippen LogP contribution in [0.15, 0.2) is 78.9 Å². The molecule has 4 aromatic rings. The van der Waals surface area contributed by atoms with E-state index < -0.39 is 5.97 Å². The molecular formula is C22H16O2. The third kappa shape index (κ3) is 2.42. The minimum Gasteiger partial charge on any atom is -0.478 e. The van der Waals surface area contributed by atoms with Crippen molar-refractivity contribution in [1.82, 2.24) is 0 Å². The van der Waals surface area contributed by atoms with Crippen molar-refractivity contribution < 1.29 is 9.90 Å². The summed E-state index contributed by atoms with van der Waals surface area (Å²) in [4.78, 5) is 11.9. The lowest BCUT2D eigenvalue weighted by atomic mass is 9.92. The van der Waals surface area contributed by atoms with Gasteiger partial charge in [0.1, 0.15) is 0 Å². The van der Waals surface area contributed by atoms with Crippen molar-refractivity contribution in [3.63, 3.8) is 0 Å². The number of carboxylic acid groups (broad SMARTS) is 1. The van der Waals surface area contributed by atoms with E-state index in [0.717, 1.165) is 33.5 Å². The first-order valence-electron chi connectivity index (χ1n) is 7.94. The van der Waals surface area contributed by atoms with Crippen molar-refractivity contribution >= 4 is 27.5 Å². The first-order valence-corrected chi connectivity index (χ1v) is 7.94. The number of aromatic carboxylic acids is 1. The van der Waals surface area contributed by atoms with Crippen molar-refractivity contribution in [1.29, 1.82) is 0 Å². The maximum absolute atomic E-state index is 11.9. The molecule has 0 saturated heterocycles. The third-order valence-electron chi connectivity index (χ3n) is 4.45. The SMILES string of the molecule is O=C(O)c1c2ccccc2cc2c(Cc3ccccc3)cccc12. The van der Waals surface area contributed by atoms with Crippen LogP contribution in [0.1, 0.15) is 21.5 Å². The molecule has 0 heterocycles. The Morgan fingerprint density at radius 1 is 0.750 bits per heavy atom. The van der Waals surface area contributed by atoms with Crippen LogP contribution in [0.4, 0.5) is 0 Å². The fraction of sp³-hybridized carbons (Fsp3) is 0.0455. The third-order valence-corrected chi connectivity index (χ3v) is 4.45. The number of fused-ring (bicyclic) bond motifs is 2. The van der Waals surface area contributed by atoms with Crippen LogP contribution >= 0.6 is 0 Å². The monoisotopic (exact) mass is 312 g/mol. The quantitative estimate of drug-likeness (QED) is 0.522. The van der Waals surface area contributed by atoms with Gasteiger partial charge >= 0.3 is 5.97 Å². The predicted molar refractivity (Wildman–Crippen MR) is 97.7 cm³/mol. The molecule has 0 radical (unpaired) electrons. The largest absolute Gasteiger partial charge is 0.478 e. The highest BCUT2D eigenvalue weighted by Crippen LogP contribution is 2.31. The van der Waals surface area contributed by atoms with Crippen molar-refractivity contribution in [3.8, 4) is 0 Å². The Kier molecular flexibility index (Phi) is 3.51. The van der Waals surface area contributed by atoms with E-state index in [4.69, 9.17) is 0 Å². The summed E-state index contributed by atoms with van der Waals surface area (Å²) in [5.41, 5.74) is 2.75. The first-order chi connectivity index (χ1) is 11.7. The van der Waals surface area contributed by atoms with E-state index in [1.807, 2.05) is 54.6 Å². The van der Waals surface area contributed by atoms with Gasteiger partial charge in [-0.15, -0.1) is 0 Å². The average molecular weight is 312 g/mol. The van der Waals surface area contributed by atoms with Crippen molar-refractivity contribution in [3.05, 3.63) is 95.6 Å². The molecule has 0 unspecified atom stereocenters. The van der Waals surface area contributed by atoms with Gasteiger partial charge in [0.05, 0.1) is 5.56 Å². The molecule has 4 rings (SSSR count). The summed E-state index contributed by atoms with van der Waals surface area (Å²) in [6.07, 6.45) is 0.787. The molecule has 0 aliphatic carbocycles. The normalized spacial score (nSPS) is 11.0. The number of carboxylic acids is 1. The topological polar surface area (TPSA) is 37.3 Å². The zero-order valence-corrected chi connectivity index (χ0v) is 13.1. The maximum Gasteiger partial charge on any atom is 0.336 e. The van der Waals surface area contributed by atoms with E-state index in [2.05, 4.69) is 24.3 Å². The average Bonchev–Trinajstić information content (AvgIpc) is 2.61. The fourth-order valence-electron chi connectivity index (χ4n) is 3.35. The molecule has 0 fully saturated rings. The van der Waals surface area contributed by atoms with Gasteiger partial charge in [-0.25, -0.2) is 4.79 Å². The van der Waals surface area contributed by atoms with Gasteiger partial charge in [0.2, 0.25) is 0 Å². The summed E-state index contributed by atoms with van der Waals surface area (Å²) >= 11 is 0. The molecule has 0 amide bonds. The zero-order chi connectivity index (χ0) is 16.5. The van der Waals surface area contributed by atoms with Crippen molar-refractivity contribution in [2.75, 3.05) is 0 Å². The van der Waals surface area contributed by atoms with Crippen LogP contribution in [0.25, 0.3) is 21.5 Å². The highest BCUT2D eigenvalue weighted by atomic mass is 16.4. The van der Waals surface area contributed by atoms with Crippen LogP contribution in [-0.4, -0.2) is 11.1 Å². The van der Waals surface area contributed by atoms with Crippen LogP contribution in [0.2, 0.25) is 0 Å². The Morgan fingerprint density at radius 3 is 2.25 bits per heavy atom. The molecule has 116 valence electrons. The minimum atomic E-state index is -0.881. The summed E-state index contributed by atoms with van der Waals surface area (Å²) in [5, 5.41) is 13.3. The van der Waals surface area contributed by atoms with E-state index in [-0.39, 0.29) is 0 Å². The van der Waals surface area contributed by atoms with Crippen LogP contribution in [0.3, 0.4) is 0 Å². The van der Waals surface area contributed by atoms with Crippen LogP contribution < -0.4 is 0 Å². The molecule has 0 saturated carbocycles. The summed E-state index contributed by atoms with van der Waals surface area (Å²) in [6.45, 7) is 0. The molecule has 0 spiro atoms. The molecular weight excluding hydrogens is 296 g/mol. The lowest BCUT2D eigenvalue weighted by molar-refractivity contribution is 0.0701. The van der Waals surface area contributed by atoms with E-state index >= 15 is 0 Å². The second-order valence-electron chi connectivity index (χ2n) is 5.95. The lowest BCUT2D eigenvalue weighted by Gasteiger charge is -2.12. The summed E-state index contributed by atoms with van der Waals surface area (Å²) in [5.74, 6) is -0.881. The van der Waals surface area contributed by atoms with Crippen LogP contribution in [-0.2, 0) is 6.42 Å². The first kappa shape index (κ1) is 14.5. The number of benzene rings is 4. The molecule has 0 aromatic heterocycles. The molecule has 2 nitrogen and oxygen atoms in total. The van der Waals surface area contributed by atoms with Gasteiger partial charge in [-0.3, -0.25) is 0 Å². The Labute approximate surface area is 140 Å². The van der Waals surface area contributed by atoms with Crippen LogP contribution in [0.5, 0.6) is 0 Å². The standard InChI is InChI=1S/C22H16O2/c23-22(24)21-18-11-5-4-9-17(18)14-20-16(10-6-12-19(20)21)13-15-7-2-1-3-8-15/h1-12,14H,13H2,(H,23,24). The number of rotatable bonds is 3. The zero-order valence-electron chi connectivity index (χ0n) is 13.1. The Balaban J connectivity index is 2.02. The minimum absolute atomic E-state index is 0.387. The predicted octanol–water partition coefficient (Wildman–Crippen LogP) is 5.28. The van der Waals surface area contributed by atoms with Gasteiger partial charge in [0, 0.05) is 0 Å². The van der Waals surface area contributed by atoms with Gasteiger partial charge in [-0.05, 0) is 45.2 Å². The molecule has 2 heteroatoms. The van der Waals surface area contributed by atoms with Crippen molar-refractivity contribution in [2.45, 2.75) is 6.42 Å². The van der Waals surface area contributed by atoms with E-state index in [9.17, 15) is 9.90 Å². The molecule has 0 aliphatic heterocycles. The summed E-state index contributed by atoms with van der Waals surface area (Å²) in [7, 11) is 0. The molecule has 4 aromatic carbocycles. The summed E-state index contributed by atoms with van der Waals surface area (Å²) < 4.78 is 0. The van der Waals surface area contributed by atoms with Crippen LogP contribution in [0, 0.1) is 0 Å². The molecule has 0 atom stereocenters. The molecule has 0 aliphatic rings. The fourth-order valence-corrected chi connectivity index (χ4v) is 3.35. The second-order valence-corrected chi connectivity index (χ2v) is 5.95. The second kappa shape index (κ2) is 5.82. The molecule has 1 N–H and O–H groups in total. The Hall–Kier alpha value is -3.13. The highest BCUT2D eigenvalue weighted by Gasteiger charge is 2.15.